The van der Waals surface area contributed by atoms with E-state index in [2.05, 4.69) is 64.1 Å². The number of likely N-dealkylation sites (N-methyl/N-ethyl adjacent to an activating group) is 1. The fourth-order valence-corrected chi connectivity index (χ4v) is 3.45. The van der Waals surface area contributed by atoms with Gasteiger partial charge in [-0.2, -0.15) is 0 Å². The van der Waals surface area contributed by atoms with Crippen LogP contribution in [0.4, 0.5) is 0 Å². The molecule has 0 N–H and O–H groups in total. The fraction of sp³-hybridized carbons (Fsp3) is 0.680. The summed E-state index contributed by atoms with van der Waals surface area (Å²) in [6.07, 6.45) is 24.0. The molecule has 0 saturated heterocycles. The van der Waals surface area contributed by atoms with Crippen LogP contribution in [-0.2, 0) is 0 Å². The van der Waals surface area contributed by atoms with Crippen LogP contribution in [0.25, 0.3) is 0 Å². The molecule has 0 aromatic heterocycles. The highest BCUT2D eigenvalue weighted by Gasteiger charge is 2.04. The first-order valence-corrected chi connectivity index (χ1v) is 10.8. The minimum atomic E-state index is 1.05. The van der Waals surface area contributed by atoms with E-state index in [1.165, 1.54) is 76.2 Å². The average molecular weight is 358 g/mol. The Kier molecular flexibility index (Phi) is 12.4. The number of hydrogen-bond acceptors (Lipinski definition) is 1. The Hall–Kier alpha value is -1.08. The van der Waals surface area contributed by atoms with Crippen LogP contribution in [0, 0.1) is 0 Å². The molecule has 0 heterocycles. The van der Waals surface area contributed by atoms with Gasteiger partial charge in [-0.3, -0.25) is 0 Å². The first-order valence-electron chi connectivity index (χ1n) is 10.8. The highest BCUT2D eigenvalue weighted by Crippen LogP contribution is 2.23. The van der Waals surface area contributed by atoms with E-state index >= 15 is 0 Å². The number of allylic oxidation sites excluding steroid dienone is 7. The summed E-state index contributed by atoms with van der Waals surface area (Å²) in [4.78, 5) is 2.21. The molecule has 1 aliphatic rings. The Labute approximate surface area is 163 Å². The Morgan fingerprint density at radius 3 is 1.77 bits per heavy atom. The second-order valence-electron chi connectivity index (χ2n) is 8.45. The zero-order valence-corrected chi connectivity index (χ0v) is 18.2. The van der Waals surface area contributed by atoms with Crippen molar-refractivity contribution in [3.8, 4) is 0 Å². The summed E-state index contributed by atoms with van der Waals surface area (Å²) in [5.41, 5.74) is 6.33. The van der Waals surface area contributed by atoms with Gasteiger partial charge in [-0.1, -0.05) is 53.0 Å². The van der Waals surface area contributed by atoms with Gasteiger partial charge in [-0.25, -0.2) is 0 Å². The van der Waals surface area contributed by atoms with E-state index in [0.29, 0.717) is 0 Å². The molecule has 1 fully saturated rings. The van der Waals surface area contributed by atoms with Crippen molar-refractivity contribution in [1.82, 2.24) is 4.90 Å². The van der Waals surface area contributed by atoms with E-state index in [-0.39, 0.29) is 0 Å². The molecule has 0 amide bonds. The van der Waals surface area contributed by atoms with Crippen LogP contribution in [0.1, 0.15) is 91.4 Å². The van der Waals surface area contributed by atoms with Crippen LogP contribution in [0.5, 0.6) is 0 Å². The summed E-state index contributed by atoms with van der Waals surface area (Å²) in [5, 5.41) is 0. The summed E-state index contributed by atoms with van der Waals surface area (Å²) in [6, 6.07) is 0. The van der Waals surface area contributed by atoms with E-state index in [1.54, 1.807) is 16.7 Å². The summed E-state index contributed by atoms with van der Waals surface area (Å²) < 4.78 is 0. The third kappa shape index (κ3) is 12.3. The van der Waals surface area contributed by atoms with E-state index < -0.39 is 0 Å². The van der Waals surface area contributed by atoms with Gasteiger partial charge < -0.3 is 4.90 Å². The van der Waals surface area contributed by atoms with Gasteiger partial charge in [0.25, 0.3) is 0 Å². The van der Waals surface area contributed by atoms with Crippen molar-refractivity contribution in [2.75, 3.05) is 20.6 Å². The molecule has 0 atom stereocenters. The molecule has 1 saturated carbocycles. The molecular formula is C25H43N. The molecule has 0 unspecified atom stereocenters. The Morgan fingerprint density at radius 1 is 0.731 bits per heavy atom. The van der Waals surface area contributed by atoms with E-state index in [4.69, 9.17) is 0 Å². The molecule has 1 nitrogen and oxygen atoms in total. The molecule has 0 aromatic carbocycles. The molecule has 1 heteroatoms. The lowest BCUT2D eigenvalue weighted by Crippen LogP contribution is -2.10. The van der Waals surface area contributed by atoms with Crippen molar-refractivity contribution in [2.24, 2.45) is 0 Å². The lowest BCUT2D eigenvalue weighted by Gasteiger charge is -2.13. The lowest BCUT2D eigenvalue weighted by atomic mass is 9.93. The second-order valence-corrected chi connectivity index (χ2v) is 8.45. The zero-order chi connectivity index (χ0) is 19.2. The Balaban J connectivity index is 2.19. The minimum absolute atomic E-state index is 1.05. The number of rotatable bonds is 11. The van der Waals surface area contributed by atoms with E-state index in [0.717, 1.165) is 6.54 Å². The summed E-state index contributed by atoms with van der Waals surface area (Å²) >= 11 is 0. The maximum atomic E-state index is 2.52. The van der Waals surface area contributed by atoms with Gasteiger partial charge in [0.1, 0.15) is 0 Å². The van der Waals surface area contributed by atoms with Crippen molar-refractivity contribution in [1.29, 1.82) is 0 Å². The lowest BCUT2D eigenvalue weighted by molar-refractivity contribution is 0.455. The number of hydrogen-bond donors (Lipinski definition) is 0. The van der Waals surface area contributed by atoms with Crippen molar-refractivity contribution in [2.45, 2.75) is 91.4 Å². The molecule has 0 aromatic rings. The van der Waals surface area contributed by atoms with Gasteiger partial charge in [0.05, 0.1) is 0 Å². The quantitative estimate of drug-likeness (QED) is 0.344. The van der Waals surface area contributed by atoms with Gasteiger partial charge in [-0.05, 0) is 99.1 Å². The summed E-state index contributed by atoms with van der Waals surface area (Å²) in [7, 11) is 4.24. The van der Waals surface area contributed by atoms with Gasteiger partial charge in [0, 0.05) is 6.54 Å². The molecule has 0 radical (unpaired) electrons. The van der Waals surface area contributed by atoms with Crippen LogP contribution < -0.4 is 0 Å². The van der Waals surface area contributed by atoms with Crippen molar-refractivity contribution >= 4 is 0 Å². The highest BCUT2D eigenvalue weighted by atomic mass is 15.0. The largest absolute Gasteiger partial charge is 0.306 e. The second kappa shape index (κ2) is 14.0. The van der Waals surface area contributed by atoms with Crippen LogP contribution in [-0.4, -0.2) is 25.5 Å². The maximum absolute atomic E-state index is 2.52. The summed E-state index contributed by atoms with van der Waals surface area (Å²) in [6.45, 7) is 7.89. The van der Waals surface area contributed by atoms with Crippen LogP contribution >= 0.6 is 0 Å². The first-order chi connectivity index (χ1) is 12.5. The normalized spacial score (nSPS) is 17.2. The predicted octanol–water partition coefficient (Wildman–Crippen LogP) is 7.62. The van der Waals surface area contributed by atoms with Crippen molar-refractivity contribution in [3.63, 3.8) is 0 Å². The molecule has 26 heavy (non-hydrogen) atoms. The van der Waals surface area contributed by atoms with Gasteiger partial charge >= 0.3 is 0 Å². The standard InChI is InChI=1S/C25H43N/c1-22(14-10-15-24(3)20-21-26(4)5)12-9-13-23(2)16-11-19-25-17-7-6-8-18-25/h13-14,19-20H,6-12,15-18,21H2,1-5H3/b22-14+,23-13+,24-20+. The zero-order valence-electron chi connectivity index (χ0n) is 18.2. The molecule has 1 aliphatic carbocycles. The highest BCUT2D eigenvalue weighted by molar-refractivity contribution is 5.08. The van der Waals surface area contributed by atoms with Crippen molar-refractivity contribution in [3.05, 3.63) is 46.6 Å². The Morgan fingerprint density at radius 2 is 1.23 bits per heavy atom. The monoisotopic (exact) mass is 357 g/mol. The molecule has 1 rings (SSSR count). The van der Waals surface area contributed by atoms with Crippen molar-refractivity contribution < 1.29 is 0 Å². The maximum Gasteiger partial charge on any atom is 0.0159 e. The third-order valence-electron chi connectivity index (χ3n) is 5.34. The van der Waals surface area contributed by atoms with E-state index in [9.17, 15) is 0 Å². The third-order valence-corrected chi connectivity index (χ3v) is 5.34. The van der Waals surface area contributed by atoms with Gasteiger partial charge in [0.2, 0.25) is 0 Å². The van der Waals surface area contributed by atoms with Gasteiger partial charge in [-0.15, -0.1) is 0 Å². The SMILES string of the molecule is C/C(=C\CC/C(C)=C/CC/C(C)=C/CN(C)C)CCC=C1CCCCC1. The molecular weight excluding hydrogens is 314 g/mol. The molecule has 148 valence electrons. The molecule has 0 spiro atoms. The van der Waals surface area contributed by atoms with E-state index in [1.807, 2.05) is 0 Å². The topological polar surface area (TPSA) is 3.24 Å². The summed E-state index contributed by atoms with van der Waals surface area (Å²) in [5.74, 6) is 0. The fourth-order valence-electron chi connectivity index (χ4n) is 3.45. The Bertz CT molecular complexity index is 494. The average Bonchev–Trinajstić information content (AvgIpc) is 2.61. The van der Waals surface area contributed by atoms with Crippen LogP contribution in [0.2, 0.25) is 0 Å². The number of nitrogens with zero attached hydrogens (tertiary/aromatic N) is 1. The molecule has 0 aliphatic heterocycles. The first kappa shape index (κ1) is 23.0. The smallest absolute Gasteiger partial charge is 0.0159 e. The minimum Gasteiger partial charge on any atom is -0.306 e. The predicted molar refractivity (Wildman–Crippen MR) is 119 cm³/mol. The van der Waals surface area contributed by atoms with Crippen LogP contribution in [0.15, 0.2) is 46.6 Å². The van der Waals surface area contributed by atoms with Gasteiger partial charge in [0.15, 0.2) is 0 Å². The van der Waals surface area contributed by atoms with Crippen LogP contribution in [0.3, 0.4) is 0 Å². The molecule has 0 bridgehead atoms.